The van der Waals surface area contributed by atoms with Crippen LogP contribution in [0.1, 0.15) is 28.0 Å². The number of amides is 1. The zero-order chi connectivity index (χ0) is 24.2. The van der Waals surface area contributed by atoms with Gasteiger partial charge < -0.3 is 5.32 Å². The molecule has 0 atom stereocenters. The van der Waals surface area contributed by atoms with Crippen LogP contribution in [0.15, 0.2) is 41.0 Å². The zero-order valence-corrected chi connectivity index (χ0v) is 17.2. The van der Waals surface area contributed by atoms with Crippen molar-refractivity contribution in [3.8, 4) is 16.4 Å². The largest absolute Gasteiger partial charge is 0.434 e. The summed E-state index contributed by atoms with van der Waals surface area (Å²) in [6.07, 6.45) is -8.62. The van der Waals surface area contributed by atoms with Crippen molar-refractivity contribution in [3.05, 3.63) is 63.1 Å². The van der Waals surface area contributed by atoms with Crippen molar-refractivity contribution in [1.29, 1.82) is 0 Å². The summed E-state index contributed by atoms with van der Waals surface area (Å²) in [5, 5.41) is 10.2. The number of nitrogens with zero attached hydrogens (tertiary/aromatic N) is 6. The molecule has 0 saturated heterocycles. The highest BCUT2D eigenvalue weighted by Crippen LogP contribution is 2.36. The number of benzene rings is 1. The molecule has 174 valence electrons. The summed E-state index contributed by atoms with van der Waals surface area (Å²) in [4.78, 5) is 18.8. The number of hydrogen-bond donors (Lipinski definition) is 1. The maximum Gasteiger partial charge on any atom is 0.434 e. The van der Waals surface area contributed by atoms with Crippen molar-refractivity contribution in [2.24, 2.45) is 5.11 Å². The van der Waals surface area contributed by atoms with Crippen LogP contribution in [0.3, 0.4) is 0 Å². The molecular weight excluding hydrogens is 476 g/mol. The summed E-state index contributed by atoms with van der Waals surface area (Å²) in [6, 6.07) is 4.21. The van der Waals surface area contributed by atoms with Crippen LogP contribution >= 0.6 is 11.3 Å². The third-order valence-electron chi connectivity index (χ3n) is 4.22. The number of hydrogen-bond acceptors (Lipinski definition) is 5. The van der Waals surface area contributed by atoms with Gasteiger partial charge in [-0.2, -0.15) is 31.4 Å². The average molecular weight is 489 g/mol. The number of nitrogens with one attached hydrogen (secondary N) is 1. The van der Waals surface area contributed by atoms with E-state index in [1.165, 1.54) is 11.4 Å². The van der Waals surface area contributed by atoms with E-state index < -0.39 is 35.1 Å². The Morgan fingerprint density at radius 3 is 2.64 bits per heavy atom. The summed E-state index contributed by atoms with van der Waals surface area (Å²) in [6.45, 7) is 0.0247. The average Bonchev–Trinajstić information content (AvgIpc) is 3.40. The fourth-order valence-electron chi connectivity index (χ4n) is 2.77. The molecule has 0 bridgehead atoms. The number of halogens is 6. The van der Waals surface area contributed by atoms with E-state index in [2.05, 4.69) is 25.4 Å². The zero-order valence-electron chi connectivity index (χ0n) is 16.4. The van der Waals surface area contributed by atoms with E-state index in [4.69, 9.17) is 5.53 Å². The summed E-state index contributed by atoms with van der Waals surface area (Å²) in [5.74, 6) is -1.04. The molecule has 8 nitrogen and oxygen atoms in total. The molecule has 0 aliphatic carbocycles. The third kappa shape index (κ3) is 5.62. The Morgan fingerprint density at radius 2 is 1.97 bits per heavy atom. The Bertz CT molecular complexity index is 1190. The first kappa shape index (κ1) is 24.1. The van der Waals surface area contributed by atoms with Gasteiger partial charge in [-0.15, -0.1) is 11.3 Å². The smallest absolute Gasteiger partial charge is 0.352 e. The molecule has 0 spiro atoms. The molecule has 2 heterocycles. The van der Waals surface area contributed by atoms with E-state index >= 15 is 0 Å². The lowest BCUT2D eigenvalue weighted by Gasteiger charge is -2.11. The van der Waals surface area contributed by atoms with Crippen molar-refractivity contribution in [2.45, 2.75) is 18.8 Å². The van der Waals surface area contributed by atoms with Gasteiger partial charge in [0.1, 0.15) is 0 Å². The molecule has 2 aromatic heterocycles. The second-order valence-corrected chi connectivity index (χ2v) is 7.31. The lowest BCUT2D eigenvalue weighted by molar-refractivity contribution is -0.143. The number of thiazole rings is 1. The summed E-state index contributed by atoms with van der Waals surface area (Å²) < 4.78 is 80.5. The number of azide groups is 1. The maximum atomic E-state index is 13.7. The van der Waals surface area contributed by atoms with Gasteiger partial charge >= 0.3 is 12.4 Å². The van der Waals surface area contributed by atoms with Crippen LogP contribution < -0.4 is 5.32 Å². The number of carbonyl (C=O) groups is 1. The fraction of sp³-hybridized carbons (Fsp3) is 0.278. The molecule has 0 aliphatic heterocycles. The summed E-state index contributed by atoms with van der Waals surface area (Å²) >= 11 is 0.723. The minimum absolute atomic E-state index is 0.0220. The molecule has 0 fully saturated rings. The van der Waals surface area contributed by atoms with E-state index in [0.29, 0.717) is 4.68 Å². The Hall–Kier alpha value is -3.58. The van der Waals surface area contributed by atoms with Crippen molar-refractivity contribution in [1.82, 2.24) is 20.1 Å². The van der Waals surface area contributed by atoms with E-state index in [1.807, 2.05) is 0 Å². The van der Waals surface area contributed by atoms with Crippen molar-refractivity contribution in [2.75, 3.05) is 13.1 Å². The highest BCUT2D eigenvalue weighted by molar-refractivity contribution is 7.12. The first-order valence-corrected chi connectivity index (χ1v) is 9.98. The van der Waals surface area contributed by atoms with Crippen LogP contribution in [0.2, 0.25) is 0 Å². The molecule has 0 radical (unpaired) electrons. The highest BCUT2D eigenvalue weighted by atomic mass is 32.1. The van der Waals surface area contributed by atoms with Crippen molar-refractivity contribution in [3.63, 3.8) is 0 Å². The van der Waals surface area contributed by atoms with Crippen LogP contribution in [0.25, 0.3) is 26.8 Å². The molecule has 33 heavy (non-hydrogen) atoms. The maximum absolute atomic E-state index is 13.7. The summed E-state index contributed by atoms with van der Waals surface area (Å²) in [5.41, 5.74) is 5.23. The molecule has 15 heteroatoms. The Kier molecular flexibility index (Phi) is 6.93. The topological polar surface area (TPSA) is 109 Å². The Balaban J connectivity index is 1.91. The lowest BCUT2D eigenvalue weighted by Crippen LogP contribution is -2.27. The first-order chi connectivity index (χ1) is 15.5. The van der Waals surface area contributed by atoms with Crippen molar-refractivity contribution >= 4 is 17.2 Å². The molecular formula is C18H13F6N7OS. The van der Waals surface area contributed by atoms with Crippen LogP contribution in [0.5, 0.6) is 0 Å². The van der Waals surface area contributed by atoms with E-state index in [9.17, 15) is 31.1 Å². The number of rotatable bonds is 7. The summed E-state index contributed by atoms with van der Waals surface area (Å²) in [7, 11) is 0. The van der Waals surface area contributed by atoms with Crippen LogP contribution in [-0.2, 0) is 12.4 Å². The van der Waals surface area contributed by atoms with Crippen LogP contribution in [0.4, 0.5) is 26.3 Å². The fourth-order valence-corrected chi connectivity index (χ4v) is 3.57. The van der Waals surface area contributed by atoms with Gasteiger partial charge in [-0.25, -0.2) is 9.67 Å². The van der Waals surface area contributed by atoms with E-state index in [0.717, 1.165) is 35.7 Å². The van der Waals surface area contributed by atoms with Gasteiger partial charge in [0.25, 0.3) is 5.91 Å². The van der Waals surface area contributed by atoms with Crippen LogP contribution in [-0.4, -0.2) is 33.8 Å². The van der Waals surface area contributed by atoms with Gasteiger partial charge in [-0.1, -0.05) is 17.2 Å². The van der Waals surface area contributed by atoms with Gasteiger partial charge in [-0.05, 0) is 24.1 Å². The van der Waals surface area contributed by atoms with Gasteiger partial charge in [0.05, 0.1) is 23.0 Å². The predicted octanol–water partition coefficient (Wildman–Crippen LogP) is 5.46. The van der Waals surface area contributed by atoms with Crippen molar-refractivity contribution < 1.29 is 31.1 Å². The quantitative estimate of drug-likeness (QED) is 0.156. The highest BCUT2D eigenvalue weighted by Gasteiger charge is 2.41. The SMILES string of the molecule is [N-]=[N+]=NCCCNC(=O)c1cnn(-c2nc(-c3cccc(C(F)(F)F)c3)cs2)c1C(F)(F)F. The molecule has 0 saturated carbocycles. The number of alkyl halides is 6. The van der Waals surface area contributed by atoms with Gasteiger partial charge in [0.2, 0.25) is 5.13 Å². The molecule has 3 aromatic rings. The monoisotopic (exact) mass is 489 g/mol. The molecule has 0 aliphatic rings. The molecule has 1 aromatic carbocycles. The second-order valence-electron chi connectivity index (χ2n) is 6.47. The minimum Gasteiger partial charge on any atom is -0.352 e. The number of aromatic nitrogens is 3. The predicted molar refractivity (Wildman–Crippen MR) is 106 cm³/mol. The van der Waals surface area contributed by atoms with Gasteiger partial charge in [-0.3, -0.25) is 4.79 Å². The van der Waals surface area contributed by atoms with Gasteiger partial charge in [0.15, 0.2) is 5.69 Å². The Labute approximate surface area is 185 Å². The molecule has 1 amide bonds. The standard InChI is InChI=1S/C18H13F6N7OS/c19-17(20,21)11-4-1-3-10(7-11)13-9-33-16(29-13)31-14(18(22,23)24)12(8-28-31)15(32)26-5-2-6-27-30-25/h1,3-4,7-9H,2,5-6H2,(H,26,32). The number of carbonyl (C=O) groups excluding carboxylic acids is 1. The van der Waals surface area contributed by atoms with E-state index in [-0.39, 0.29) is 35.9 Å². The molecule has 3 rings (SSSR count). The Morgan fingerprint density at radius 1 is 1.21 bits per heavy atom. The molecule has 1 N–H and O–H groups in total. The minimum atomic E-state index is -4.98. The van der Waals surface area contributed by atoms with E-state index in [1.54, 1.807) is 0 Å². The second kappa shape index (κ2) is 9.50. The van der Waals surface area contributed by atoms with Gasteiger partial charge in [0, 0.05) is 28.9 Å². The molecule has 0 unspecified atom stereocenters. The van der Waals surface area contributed by atoms with Crippen LogP contribution in [0, 0.1) is 0 Å². The lowest BCUT2D eigenvalue weighted by atomic mass is 10.1. The third-order valence-corrected chi connectivity index (χ3v) is 5.04. The normalized spacial score (nSPS) is 11.8. The first-order valence-electron chi connectivity index (χ1n) is 9.10.